The summed E-state index contributed by atoms with van der Waals surface area (Å²) in [7, 11) is 0. The zero-order chi connectivity index (χ0) is 19.4. The smallest absolute Gasteiger partial charge is 0.224 e. The second-order valence-corrected chi connectivity index (χ2v) is 8.32. The number of aromatic nitrogens is 2. The van der Waals surface area contributed by atoms with Gasteiger partial charge in [0.1, 0.15) is 0 Å². The average Bonchev–Trinajstić information content (AvgIpc) is 2.99. The van der Waals surface area contributed by atoms with Gasteiger partial charge in [-0.2, -0.15) is 5.10 Å². The Bertz CT molecular complexity index is 496. The van der Waals surface area contributed by atoms with Crippen molar-refractivity contribution in [2.45, 2.75) is 78.8 Å². The van der Waals surface area contributed by atoms with Crippen LogP contribution in [-0.4, -0.2) is 46.3 Å². The fourth-order valence-corrected chi connectivity index (χ4v) is 3.41. The predicted octanol–water partition coefficient (Wildman–Crippen LogP) is 4.47. The van der Waals surface area contributed by atoms with E-state index >= 15 is 0 Å². The third kappa shape index (κ3) is 9.72. The van der Waals surface area contributed by atoms with Crippen LogP contribution in [0.3, 0.4) is 0 Å². The molecule has 2 unspecified atom stereocenters. The number of nitrogens with one attached hydrogen (secondary N) is 1. The van der Waals surface area contributed by atoms with E-state index in [0.717, 1.165) is 24.1 Å². The van der Waals surface area contributed by atoms with Gasteiger partial charge in [0.05, 0.1) is 23.1 Å². The van der Waals surface area contributed by atoms with Gasteiger partial charge in [0, 0.05) is 18.8 Å². The van der Waals surface area contributed by atoms with E-state index < -0.39 is 0 Å². The lowest BCUT2D eigenvalue weighted by molar-refractivity contribution is -0.125. The topological polar surface area (TPSA) is 50.2 Å². The molecule has 1 aromatic rings. The highest BCUT2D eigenvalue weighted by molar-refractivity contribution is 9.10. The van der Waals surface area contributed by atoms with Gasteiger partial charge in [0.15, 0.2) is 0 Å². The highest BCUT2D eigenvalue weighted by Gasteiger charge is 2.18. The number of hydrogen-bond donors (Lipinski definition) is 1. The molecular formula is C20H37BrN4O. The van der Waals surface area contributed by atoms with Crippen molar-refractivity contribution in [1.29, 1.82) is 0 Å². The summed E-state index contributed by atoms with van der Waals surface area (Å²) in [4.78, 5) is 15.0. The van der Waals surface area contributed by atoms with Gasteiger partial charge in [0.2, 0.25) is 5.91 Å². The molecule has 0 saturated carbocycles. The molecule has 1 rings (SSSR count). The second kappa shape index (κ2) is 13.3. The zero-order valence-corrected chi connectivity index (χ0v) is 18.6. The molecule has 0 aliphatic rings. The molecule has 150 valence electrons. The number of nitrogens with zero attached hydrogens (tertiary/aromatic N) is 3. The van der Waals surface area contributed by atoms with Gasteiger partial charge >= 0.3 is 0 Å². The minimum absolute atomic E-state index is 0.0992. The highest BCUT2D eigenvalue weighted by Crippen LogP contribution is 2.09. The van der Waals surface area contributed by atoms with Crippen molar-refractivity contribution in [3.8, 4) is 0 Å². The van der Waals surface area contributed by atoms with Crippen LogP contribution in [0.15, 0.2) is 16.9 Å². The zero-order valence-electron chi connectivity index (χ0n) is 17.0. The quantitative estimate of drug-likeness (QED) is 0.444. The summed E-state index contributed by atoms with van der Waals surface area (Å²) in [5.41, 5.74) is 0. The Morgan fingerprint density at radius 2 is 1.81 bits per heavy atom. The van der Waals surface area contributed by atoms with Gasteiger partial charge in [-0.05, 0) is 48.8 Å². The lowest BCUT2D eigenvalue weighted by Gasteiger charge is -2.27. The molecule has 0 bridgehead atoms. The number of unbranched alkanes of at least 4 members (excludes halogenated alkanes) is 4. The van der Waals surface area contributed by atoms with Crippen LogP contribution in [-0.2, 0) is 11.3 Å². The number of amides is 1. The summed E-state index contributed by atoms with van der Waals surface area (Å²) < 4.78 is 2.74. The standard InChI is InChI=1S/C20H37BrN4O/c1-5-7-9-11-24(12-10-8-6-2)15-18(4)23-20(26)17(3)14-25-16-19(21)13-22-25/h13,16-18H,5-12,14-15H2,1-4H3,(H,23,26). The van der Waals surface area contributed by atoms with E-state index in [0.29, 0.717) is 6.54 Å². The van der Waals surface area contributed by atoms with Gasteiger partial charge in [0.25, 0.3) is 0 Å². The molecule has 2 atom stereocenters. The third-order valence-electron chi connectivity index (χ3n) is 4.59. The van der Waals surface area contributed by atoms with Crippen molar-refractivity contribution in [3.05, 3.63) is 16.9 Å². The van der Waals surface area contributed by atoms with E-state index in [9.17, 15) is 4.79 Å². The molecule has 1 heterocycles. The van der Waals surface area contributed by atoms with Gasteiger partial charge in [-0.25, -0.2) is 0 Å². The number of halogens is 1. The summed E-state index contributed by atoms with van der Waals surface area (Å²) in [5.74, 6) is 0.00377. The van der Waals surface area contributed by atoms with E-state index in [1.165, 1.54) is 38.5 Å². The molecule has 0 saturated heterocycles. The van der Waals surface area contributed by atoms with Crippen LogP contribution >= 0.6 is 15.9 Å². The first-order chi connectivity index (χ1) is 12.5. The lowest BCUT2D eigenvalue weighted by atomic mass is 10.1. The molecule has 0 aliphatic heterocycles. The number of rotatable bonds is 14. The molecule has 0 fully saturated rings. The Kier molecular flexibility index (Phi) is 11.9. The minimum Gasteiger partial charge on any atom is -0.352 e. The molecule has 1 amide bonds. The van der Waals surface area contributed by atoms with Crippen molar-refractivity contribution < 1.29 is 4.79 Å². The van der Waals surface area contributed by atoms with Crippen molar-refractivity contribution >= 4 is 21.8 Å². The molecule has 0 radical (unpaired) electrons. The van der Waals surface area contributed by atoms with E-state index in [4.69, 9.17) is 0 Å². The SMILES string of the molecule is CCCCCN(CCCCC)CC(C)NC(=O)C(C)Cn1cc(Br)cn1. The first kappa shape index (κ1) is 23.2. The number of carbonyl (C=O) groups excluding carboxylic acids is 1. The minimum atomic E-state index is -0.0992. The molecule has 5 nitrogen and oxygen atoms in total. The van der Waals surface area contributed by atoms with Crippen LogP contribution in [0.5, 0.6) is 0 Å². The van der Waals surface area contributed by atoms with Crippen molar-refractivity contribution in [3.63, 3.8) is 0 Å². The molecule has 0 spiro atoms. The first-order valence-electron chi connectivity index (χ1n) is 10.2. The van der Waals surface area contributed by atoms with Gasteiger partial charge in [-0.1, -0.05) is 46.5 Å². The molecule has 0 aliphatic carbocycles. The summed E-state index contributed by atoms with van der Waals surface area (Å²) >= 11 is 3.39. The van der Waals surface area contributed by atoms with Crippen molar-refractivity contribution in [2.24, 2.45) is 5.92 Å². The summed E-state index contributed by atoms with van der Waals surface area (Å²) in [5, 5.41) is 7.42. The van der Waals surface area contributed by atoms with Crippen LogP contribution in [0.1, 0.15) is 66.2 Å². The maximum absolute atomic E-state index is 12.5. The van der Waals surface area contributed by atoms with Crippen LogP contribution in [0.2, 0.25) is 0 Å². The molecule has 0 aromatic carbocycles. The van der Waals surface area contributed by atoms with E-state index in [1.54, 1.807) is 10.9 Å². The fraction of sp³-hybridized carbons (Fsp3) is 0.800. The Morgan fingerprint density at radius 1 is 1.19 bits per heavy atom. The van der Waals surface area contributed by atoms with Crippen molar-refractivity contribution in [1.82, 2.24) is 20.0 Å². The Balaban J connectivity index is 2.42. The number of carbonyl (C=O) groups is 1. The largest absolute Gasteiger partial charge is 0.352 e. The Morgan fingerprint density at radius 3 is 2.31 bits per heavy atom. The molecule has 6 heteroatoms. The Hall–Kier alpha value is -0.880. The Labute approximate surface area is 168 Å². The third-order valence-corrected chi connectivity index (χ3v) is 5.00. The van der Waals surface area contributed by atoms with Crippen molar-refractivity contribution in [2.75, 3.05) is 19.6 Å². The summed E-state index contributed by atoms with van der Waals surface area (Å²) in [6.45, 7) is 12.3. The van der Waals surface area contributed by atoms with Gasteiger partial charge in [-0.3, -0.25) is 9.48 Å². The fourth-order valence-electron chi connectivity index (χ4n) is 3.08. The molecular weight excluding hydrogens is 392 g/mol. The highest BCUT2D eigenvalue weighted by atomic mass is 79.9. The van der Waals surface area contributed by atoms with E-state index in [1.807, 2.05) is 13.1 Å². The average molecular weight is 429 g/mol. The normalized spacial score (nSPS) is 13.8. The van der Waals surface area contributed by atoms with Crippen LogP contribution in [0, 0.1) is 5.92 Å². The van der Waals surface area contributed by atoms with Gasteiger partial charge < -0.3 is 10.2 Å². The van der Waals surface area contributed by atoms with E-state index in [-0.39, 0.29) is 17.9 Å². The maximum atomic E-state index is 12.5. The molecule has 26 heavy (non-hydrogen) atoms. The summed E-state index contributed by atoms with van der Waals surface area (Å²) in [6.07, 6.45) is 11.2. The van der Waals surface area contributed by atoms with Crippen LogP contribution < -0.4 is 5.32 Å². The maximum Gasteiger partial charge on any atom is 0.224 e. The molecule has 1 N–H and O–H groups in total. The second-order valence-electron chi connectivity index (χ2n) is 7.41. The summed E-state index contributed by atoms with van der Waals surface area (Å²) in [6, 6.07) is 0.164. The number of hydrogen-bond acceptors (Lipinski definition) is 3. The van der Waals surface area contributed by atoms with E-state index in [2.05, 4.69) is 52.0 Å². The van der Waals surface area contributed by atoms with Crippen LogP contribution in [0.4, 0.5) is 0 Å². The lowest BCUT2D eigenvalue weighted by Crippen LogP contribution is -2.45. The predicted molar refractivity (Wildman–Crippen MR) is 112 cm³/mol. The first-order valence-corrected chi connectivity index (χ1v) is 11.0. The molecule has 1 aromatic heterocycles. The monoisotopic (exact) mass is 428 g/mol. The van der Waals surface area contributed by atoms with Crippen LogP contribution in [0.25, 0.3) is 0 Å². The van der Waals surface area contributed by atoms with Gasteiger partial charge in [-0.15, -0.1) is 0 Å².